The average Bonchev–Trinajstić information content (AvgIpc) is 2.97. The van der Waals surface area contributed by atoms with E-state index in [0.717, 1.165) is 10.6 Å². The summed E-state index contributed by atoms with van der Waals surface area (Å²) in [5.74, 6) is -0.639. The van der Waals surface area contributed by atoms with Gasteiger partial charge in [-0.05, 0) is 11.4 Å². The van der Waals surface area contributed by atoms with Crippen molar-refractivity contribution in [2.75, 3.05) is 14.2 Å². The number of nitrogens with zero attached hydrogens (tertiary/aromatic N) is 1. The van der Waals surface area contributed by atoms with Gasteiger partial charge in [-0.25, -0.2) is 0 Å². The molecule has 1 aromatic rings. The Morgan fingerprint density at radius 2 is 2.31 bits per heavy atom. The summed E-state index contributed by atoms with van der Waals surface area (Å²) in [7, 11) is -0.512. The van der Waals surface area contributed by atoms with Crippen molar-refractivity contribution in [3.05, 3.63) is 22.4 Å². The Kier molecular flexibility index (Phi) is 3.44. The van der Waals surface area contributed by atoms with E-state index >= 15 is 0 Å². The fraction of sp³-hybridized carbons (Fsp3) is 0.444. The third-order valence-corrected chi connectivity index (χ3v) is 5.24. The number of hydrogen-bond acceptors (Lipinski definition) is 6. The second-order valence-electron chi connectivity index (χ2n) is 3.18. The predicted molar refractivity (Wildman–Crippen MR) is 62.0 cm³/mol. The maximum atomic E-state index is 12.0. The maximum absolute atomic E-state index is 12.0. The zero-order valence-electron chi connectivity index (χ0n) is 8.95. The van der Waals surface area contributed by atoms with Crippen molar-refractivity contribution < 1.29 is 18.5 Å². The maximum Gasteiger partial charge on any atom is 0.373 e. The number of hydrogen-bond donors (Lipinski definition) is 0. The minimum Gasteiger partial charge on any atom is -0.379 e. The molecule has 0 aliphatic carbocycles. The monoisotopic (exact) mass is 261 g/mol. The molecule has 0 N–H and O–H groups in total. The van der Waals surface area contributed by atoms with Crippen LogP contribution in [0.15, 0.2) is 22.7 Å². The first-order valence-electron chi connectivity index (χ1n) is 4.67. The zero-order valence-corrected chi connectivity index (χ0v) is 10.7. The number of oxime groups is 1. The molecule has 0 fully saturated rings. The molecule has 0 spiro atoms. The van der Waals surface area contributed by atoms with Gasteiger partial charge in [0.1, 0.15) is 5.71 Å². The summed E-state index contributed by atoms with van der Waals surface area (Å²) in [6, 6.07) is 3.88. The molecule has 16 heavy (non-hydrogen) atoms. The van der Waals surface area contributed by atoms with Crippen LogP contribution in [0.5, 0.6) is 0 Å². The topological polar surface area (TPSA) is 57.1 Å². The molecule has 0 radical (unpaired) electrons. The molecule has 88 valence electrons. The Bertz CT molecular complexity index is 423. The van der Waals surface area contributed by atoms with Crippen molar-refractivity contribution in [2.24, 2.45) is 5.16 Å². The summed E-state index contributed by atoms with van der Waals surface area (Å²) in [4.78, 5) is 6.13. The van der Waals surface area contributed by atoms with Crippen LogP contribution in [0.25, 0.3) is 0 Å². The zero-order chi connectivity index (χ0) is 11.6. The van der Waals surface area contributed by atoms with Gasteiger partial charge in [0.25, 0.3) is 0 Å². The molecule has 0 saturated heterocycles. The van der Waals surface area contributed by atoms with Gasteiger partial charge in [0, 0.05) is 20.6 Å². The van der Waals surface area contributed by atoms with E-state index in [1.807, 2.05) is 17.5 Å². The molecule has 2 rings (SSSR count). The van der Waals surface area contributed by atoms with Gasteiger partial charge < -0.3 is 13.9 Å². The van der Waals surface area contributed by atoms with E-state index in [2.05, 4.69) is 5.16 Å². The summed E-state index contributed by atoms with van der Waals surface area (Å²) < 4.78 is 21.8. The smallest absolute Gasteiger partial charge is 0.373 e. The molecule has 7 heteroatoms. The fourth-order valence-corrected chi connectivity index (χ4v) is 3.33. The van der Waals surface area contributed by atoms with Crippen LogP contribution < -0.4 is 0 Å². The molecule has 5 nitrogen and oxygen atoms in total. The summed E-state index contributed by atoms with van der Waals surface area (Å²) in [6.45, 7) is 0. The second-order valence-corrected chi connectivity index (χ2v) is 6.52. The van der Waals surface area contributed by atoms with Crippen molar-refractivity contribution in [3.8, 4) is 0 Å². The van der Waals surface area contributed by atoms with Crippen molar-refractivity contribution in [1.82, 2.24) is 0 Å². The summed E-state index contributed by atoms with van der Waals surface area (Å²) in [6.07, 6.45) is 0.444. The van der Waals surface area contributed by atoms with E-state index in [9.17, 15) is 4.57 Å². The Labute approximate surface area is 97.5 Å². The first-order valence-corrected chi connectivity index (χ1v) is 7.16. The van der Waals surface area contributed by atoms with E-state index in [1.165, 1.54) is 14.2 Å². The van der Waals surface area contributed by atoms with Crippen molar-refractivity contribution in [2.45, 2.75) is 12.3 Å². The van der Waals surface area contributed by atoms with Crippen molar-refractivity contribution in [3.63, 3.8) is 0 Å². The molecule has 1 aliphatic heterocycles. The first-order chi connectivity index (χ1) is 7.69. The quantitative estimate of drug-likeness (QED) is 0.782. The highest BCUT2D eigenvalue weighted by Crippen LogP contribution is 2.55. The van der Waals surface area contributed by atoms with Crippen LogP contribution in [0, 0.1) is 0 Å². The van der Waals surface area contributed by atoms with Crippen LogP contribution >= 0.6 is 18.9 Å². The van der Waals surface area contributed by atoms with E-state index < -0.39 is 13.4 Å². The van der Waals surface area contributed by atoms with Crippen LogP contribution in [0.4, 0.5) is 0 Å². The van der Waals surface area contributed by atoms with Crippen molar-refractivity contribution >= 4 is 24.6 Å². The van der Waals surface area contributed by atoms with Crippen LogP contribution in [-0.4, -0.2) is 25.8 Å². The minimum atomic E-state index is -3.20. The van der Waals surface area contributed by atoms with E-state index in [0.29, 0.717) is 6.42 Å². The molecule has 1 aliphatic rings. The minimum absolute atomic E-state index is 0.444. The predicted octanol–water partition coefficient (Wildman–Crippen LogP) is 2.68. The van der Waals surface area contributed by atoms with Crippen molar-refractivity contribution in [1.29, 1.82) is 0 Å². The highest BCUT2D eigenvalue weighted by atomic mass is 32.1. The second kappa shape index (κ2) is 4.67. The summed E-state index contributed by atoms with van der Waals surface area (Å²) >= 11 is 1.57. The first kappa shape index (κ1) is 11.8. The molecule has 1 aromatic heterocycles. The van der Waals surface area contributed by atoms with E-state index in [1.54, 1.807) is 11.3 Å². The summed E-state index contributed by atoms with van der Waals surface area (Å²) in [5, 5.41) is 5.87. The van der Waals surface area contributed by atoms with E-state index in [4.69, 9.17) is 13.9 Å². The standard InChI is InChI=1S/C9H12NO4PS/c1-12-15(11,13-2)9-6-7(10-14-9)8-4-3-5-16-8/h3-5,9H,6H2,1-2H3. The molecule has 0 bridgehead atoms. The van der Waals surface area contributed by atoms with Crippen LogP contribution in [0.3, 0.4) is 0 Å². The molecular formula is C9H12NO4PS. The van der Waals surface area contributed by atoms with Gasteiger partial charge in [0.05, 0.1) is 4.88 Å². The van der Waals surface area contributed by atoms with Gasteiger partial charge in [-0.3, -0.25) is 4.57 Å². The van der Waals surface area contributed by atoms with Gasteiger partial charge in [0.15, 0.2) is 0 Å². The normalized spacial score (nSPS) is 20.6. The Morgan fingerprint density at radius 3 is 2.88 bits per heavy atom. The van der Waals surface area contributed by atoms with Gasteiger partial charge in [-0.1, -0.05) is 11.2 Å². The van der Waals surface area contributed by atoms with E-state index in [-0.39, 0.29) is 0 Å². The Morgan fingerprint density at radius 1 is 1.56 bits per heavy atom. The van der Waals surface area contributed by atoms with Crippen LogP contribution in [0.1, 0.15) is 11.3 Å². The molecular weight excluding hydrogens is 249 g/mol. The highest BCUT2D eigenvalue weighted by Gasteiger charge is 2.41. The highest BCUT2D eigenvalue weighted by molar-refractivity contribution is 7.54. The number of thiophene rings is 1. The molecule has 0 aromatic carbocycles. The average molecular weight is 261 g/mol. The lowest BCUT2D eigenvalue weighted by Gasteiger charge is -2.17. The third-order valence-electron chi connectivity index (χ3n) is 2.32. The third kappa shape index (κ3) is 2.06. The number of rotatable bonds is 4. The molecule has 0 amide bonds. The van der Waals surface area contributed by atoms with Gasteiger partial charge in [-0.2, -0.15) is 0 Å². The SMILES string of the molecule is COP(=O)(OC)C1CC(c2cccs2)=NO1. The molecule has 0 saturated carbocycles. The molecule has 1 atom stereocenters. The summed E-state index contributed by atoms with van der Waals surface area (Å²) in [5.41, 5.74) is 0.786. The Hall–Kier alpha value is -0.680. The lowest BCUT2D eigenvalue weighted by Crippen LogP contribution is -2.11. The molecule has 1 unspecified atom stereocenters. The Balaban J connectivity index is 2.10. The van der Waals surface area contributed by atoms with Gasteiger partial charge in [-0.15, -0.1) is 11.3 Å². The van der Waals surface area contributed by atoms with Crippen LogP contribution in [-0.2, 0) is 18.5 Å². The molecule has 2 heterocycles. The fourth-order valence-electron chi connectivity index (χ4n) is 1.43. The lowest BCUT2D eigenvalue weighted by molar-refractivity contribution is 0.106. The van der Waals surface area contributed by atoms with Gasteiger partial charge >= 0.3 is 7.60 Å². The van der Waals surface area contributed by atoms with Gasteiger partial charge in [0.2, 0.25) is 5.85 Å². The lowest BCUT2D eigenvalue weighted by atomic mass is 10.2. The largest absolute Gasteiger partial charge is 0.379 e. The van der Waals surface area contributed by atoms with Crippen LogP contribution in [0.2, 0.25) is 0 Å².